The highest BCUT2D eigenvalue weighted by atomic mass is 19.1. The Morgan fingerprint density at radius 2 is 1.49 bits per heavy atom. The number of carboxylic acids is 1. The Kier molecular flexibility index (Phi) is 9.81. The van der Waals surface area contributed by atoms with Crippen molar-refractivity contribution in [1.82, 2.24) is 4.90 Å². The molecule has 0 heterocycles. The van der Waals surface area contributed by atoms with E-state index in [0.29, 0.717) is 41.8 Å². The van der Waals surface area contributed by atoms with Crippen LogP contribution in [-0.4, -0.2) is 34.0 Å². The molecule has 7 heteroatoms. The number of nitrogens with zero attached hydrogens (tertiary/aromatic N) is 1. The SMILES string of the molecule is CCN(Cc1ccccc1F)C(=O)CCc1ccc(OCc2ccccc2C(=O)O)cc1.NC12CC3CC(CC(C3)C1)C2. The van der Waals surface area contributed by atoms with Gasteiger partial charge in [-0.3, -0.25) is 4.79 Å². The molecule has 228 valence electrons. The van der Waals surface area contributed by atoms with Crippen molar-refractivity contribution in [3.8, 4) is 5.75 Å². The van der Waals surface area contributed by atoms with Gasteiger partial charge in [-0.1, -0.05) is 48.5 Å². The zero-order valence-corrected chi connectivity index (χ0v) is 25.0. The minimum absolute atomic E-state index is 0.0265. The predicted molar refractivity (Wildman–Crippen MR) is 165 cm³/mol. The maximum atomic E-state index is 13.9. The molecule has 4 fully saturated rings. The second-order valence-electron chi connectivity index (χ2n) is 12.7. The van der Waals surface area contributed by atoms with Gasteiger partial charge in [0.1, 0.15) is 18.2 Å². The summed E-state index contributed by atoms with van der Waals surface area (Å²) < 4.78 is 19.6. The number of carbonyl (C=O) groups is 2. The van der Waals surface area contributed by atoms with Crippen molar-refractivity contribution >= 4 is 11.9 Å². The van der Waals surface area contributed by atoms with Gasteiger partial charge < -0.3 is 20.5 Å². The molecular formula is C36H43FN2O4. The van der Waals surface area contributed by atoms with E-state index in [9.17, 15) is 19.1 Å². The Hall–Kier alpha value is -3.71. The van der Waals surface area contributed by atoms with Crippen LogP contribution in [0.1, 0.15) is 78.9 Å². The van der Waals surface area contributed by atoms with Crippen molar-refractivity contribution in [1.29, 1.82) is 0 Å². The summed E-state index contributed by atoms with van der Waals surface area (Å²) in [5.41, 5.74) is 8.94. The van der Waals surface area contributed by atoms with Crippen LogP contribution in [-0.2, 0) is 24.4 Å². The van der Waals surface area contributed by atoms with Gasteiger partial charge in [0.2, 0.25) is 5.91 Å². The number of nitrogens with two attached hydrogens (primary N) is 1. The van der Waals surface area contributed by atoms with E-state index in [2.05, 4.69) is 0 Å². The van der Waals surface area contributed by atoms with Crippen molar-refractivity contribution in [2.75, 3.05) is 6.54 Å². The van der Waals surface area contributed by atoms with Crippen LogP contribution in [0, 0.1) is 23.6 Å². The van der Waals surface area contributed by atoms with Gasteiger partial charge >= 0.3 is 5.97 Å². The van der Waals surface area contributed by atoms with Gasteiger partial charge in [-0.2, -0.15) is 0 Å². The number of ether oxygens (including phenoxy) is 1. The summed E-state index contributed by atoms with van der Waals surface area (Å²) in [7, 11) is 0. The van der Waals surface area contributed by atoms with E-state index in [1.54, 1.807) is 59.5 Å². The first-order valence-corrected chi connectivity index (χ1v) is 15.5. The lowest BCUT2D eigenvalue weighted by molar-refractivity contribution is -0.131. The quantitative estimate of drug-likeness (QED) is 0.267. The highest BCUT2D eigenvalue weighted by Gasteiger charge is 2.48. The summed E-state index contributed by atoms with van der Waals surface area (Å²) in [4.78, 5) is 25.5. The summed E-state index contributed by atoms with van der Waals surface area (Å²) in [6.07, 6.45) is 9.46. The number of halogens is 1. The fraction of sp³-hybridized carbons (Fsp3) is 0.444. The fourth-order valence-electron chi connectivity index (χ4n) is 7.56. The summed E-state index contributed by atoms with van der Waals surface area (Å²) in [6.45, 7) is 2.81. The van der Waals surface area contributed by atoms with E-state index in [1.165, 1.54) is 44.6 Å². The van der Waals surface area contributed by atoms with E-state index >= 15 is 0 Å². The van der Waals surface area contributed by atoms with Crippen molar-refractivity contribution in [3.05, 3.63) is 101 Å². The third-order valence-corrected chi connectivity index (χ3v) is 9.33. The van der Waals surface area contributed by atoms with Gasteiger partial charge in [0.15, 0.2) is 0 Å². The van der Waals surface area contributed by atoms with Crippen LogP contribution in [0.25, 0.3) is 0 Å². The zero-order valence-electron chi connectivity index (χ0n) is 25.0. The first-order valence-electron chi connectivity index (χ1n) is 15.5. The molecule has 7 rings (SSSR count). The van der Waals surface area contributed by atoms with Crippen molar-refractivity contribution < 1.29 is 23.8 Å². The van der Waals surface area contributed by atoms with E-state index in [0.717, 1.165) is 23.3 Å². The molecule has 4 aliphatic rings. The number of rotatable bonds is 10. The van der Waals surface area contributed by atoms with Crippen LogP contribution >= 0.6 is 0 Å². The largest absolute Gasteiger partial charge is 0.489 e. The van der Waals surface area contributed by atoms with Crippen molar-refractivity contribution in [2.45, 2.75) is 77.0 Å². The van der Waals surface area contributed by atoms with Gasteiger partial charge in [0.05, 0.1) is 5.56 Å². The number of amides is 1. The first kappa shape index (κ1) is 30.7. The first-order chi connectivity index (χ1) is 20.7. The average molecular weight is 587 g/mol. The fourth-order valence-corrected chi connectivity index (χ4v) is 7.56. The van der Waals surface area contributed by atoms with Crippen LogP contribution in [0.3, 0.4) is 0 Å². The molecule has 0 radical (unpaired) electrons. The van der Waals surface area contributed by atoms with Gasteiger partial charge in [0.25, 0.3) is 0 Å². The van der Waals surface area contributed by atoms with Crippen molar-refractivity contribution in [3.63, 3.8) is 0 Å². The normalized spacial score (nSPS) is 23.3. The molecule has 43 heavy (non-hydrogen) atoms. The summed E-state index contributed by atoms with van der Waals surface area (Å²) in [6, 6.07) is 20.6. The number of hydrogen-bond acceptors (Lipinski definition) is 4. The Balaban J connectivity index is 0.000000274. The molecule has 0 atom stereocenters. The maximum absolute atomic E-state index is 13.9. The molecule has 1 amide bonds. The minimum Gasteiger partial charge on any atom is -0.489 e. The number of aromatic carboxylic acids is 1. The Labute approximate surface area is 254 Å². The van der Waals surface area contributed by atoms with Gasteiger partial charge in [-0.05, 0) is 99.5 Å². The van der Waals surface area contributed by atoms with Crippen LogP contribution in [0.15, 0.2) is 72.8 Å². The molecule has 4 bridgehead atoms. The number of benzene rings is 3. The zero-order chi connectivity index (χ0) is 30.4. The Bertz CT molecular complexity index is 1370. The van der Waals surface area contributed by atoms with E-state index in [4.69, 9.17) is 10.5 Å². The van der Waals surface area contributed by atoms with E-state index in [-0.39, 0.29) is 30.4 Å². The van der Waals surface area contributed by atoms with E-state index < -0.39 is 5.97 Å². The molecule has 0 spiro atoms. The Morgan fingerprint density at radius 3 is 2.05 bits per heavy atom. The van der Waals surface area contributed by atoms with E-state index in [1.807, 2.05) is 19.1 Å². The van der Waals surface area contributed by atoms with Crippen LogP contribution in [0.4, 0.5) is 4.39 Å². The smallest absolute Gasteiger partial charge is 0.336 e. The van der Waals surface area contributed by atoms with Crippen LogP contribution in [0.2, 0.25) is 0 Å². The molecule has 3 aromatic carbocycles. The highest BCUT2D eigenvalue weighted by molar-refractivity contribution is 5.89. The van der Waals surface area contributed by atoms with Gasteiger partial charge in [-0.15, -0.1) is 0 Å². The molecule has 0 saturated heterocycles. The summed E-state index contributed by atoms with van der Waals surface area (Å²) in [5.74, 6) is 2.36. The maximum Gasteiger partial charge on any atom is 0.336 e. The third-order valence-electron chi connectivity index (χ3n) is 9.33. The Morgan fingerprint density at radius 1 is 0.907 bits per heavy atom. The average Bonchev–Trinajstić information content (AvgIpc) is 2.98. The van der Waals surface area contributed by atoms with Gasteiger partial charge in [0, 0.05) is 36.2 Å². The molecule has 4 saturated carbocycles. The summed E-state index contributed by atoms with van der Waals surface area (Å²) >= 11 is 0. The monoisotopic (exact) mass is 586 g/mol. The lowest BCUT2D eigenvalue weighted by Crippen LogP contribution is -2.55. The number of carbonyl (C=O) groups excluding carboxylic acids is 1. The number of aryl methyl sites for hydroxylation is 1. The standard InChI is InChI=1S/C26H26FNO4.C10H17N/c1-2-28(17-20-7-4-6-10-24(20)27)25(29)16-13-19-11-14-22(15-12-19)32-18-21-8-3-5-9-23(21)26(30)31;11-10-4-7-1-8(5-10)3-9(2-7)6-10/h3-12,14-15H,2,13,16-18H2,1H3,(H,30,31);7-9H,1-6,11H2. The molecule has 0 aromatic heterocycles. The lowest BCUT2D eigenvalue weighted by Gasteiger charge is -2.55. The third kappa shape index (κ3) is 8.02. The second kappa shape index (κ2) is 13.7. The molecule has 3 N–H and O–H groups in total. The minimum atomic E-state index is -0.986. The highest BCUT2D eigenvalue weighted by Crippen LogP contribution is 2.54. The lowest BCUT2D eigenvalue weighted by atomic mass is 9.53. The van der Waals surface area contributed by atoms with Gasteiger partial charge in [-0.25, -0.2) is 9.18 Å². The molecule has 6 nitrogen and oxygen atoms in total. The van der Waals surface area contributed by atoms with Crippen LogP contribution < -0.4 is 10.5 Å². The second-order valence-corrected chi connectivity index (χ2v) is 12.7. The summed E-state index contributed by atoms with van der Waals surface area (Å²) in [5, 5.41) is 9.25. The number of carboxylic acid groups (broad SMARTS) is 1. The molecule has 3 aromatic rings. The molecule has 0 aliphatic heterocycles. The molecular weight excluding hydrogens is 543 g/mol. The number of hydrogen-bond donors (Lipinski definition) is 2. The van der Waals surface area contributed by atoms with Crippen LogP contribution in [0.5, 0.6) is 5.75 Å². The topological polar surface area (TPSA) is 92.9 Å². The van der Waals surface area contributed by atoms with Crippen molar-refractivity contribution in [2.24, 2.45) is 23.5 Å². The predicted octanol–water partition coefficient (Wildman–Crippen LogP) is 7.00. The molecule has 0 unspecified atom stereocenters. The molecule has 4 aliphatic carbocycles.